The van der Waals surface area contributed by atoms with Crippen LogP contribution >= 0.6 is 12.6 Å². The van der Waals surface area contributed by atoms with Gasteiger partial charge in [-0.1, -0.05) is 0 Å². The molecule has 0 saturated heterocycles. The average molecular weight is 180 g/mol. The quantitative estimate of drug-likeness (QED) is 0.673. The summed E-state index contributed by atoms with van der Waals surface area (Å²) in [7, 11) is 0. The number of thiol groups is 1. The van der Waals surface area contributed by atoms with Crippen molar-refractivity contribution in [2.45, 2.75) is 6.42 Å². The fraction of sp³-hybridized carbons (Fsp3) is 0.286. The molecule has 2 rings (SSSR count). The Bertz CT molecular complexity index is 384. The summed E-state index contributed by atoms with van der Waals surface area (Å²) in [5.74, 6) is 0.783. The van der Waals surface area contributed by atoms with E-state index in [2.05, 4.69) is 32.6 Å². The zero-order valence-corrected chi connectivity index (χ0v) is 7.25. The molecule has 1 N–H and O–H groups in total. The maximum absolute atomic E-state index is 4.14. The van der Waals surface area contributed by atoms with Gasteiger partial charge in [-0.05, 0) is 5.75 Å². The molecule has 62 valence electrons. The molecular weight excluding hydrogens is 172 g/mol. The molecule has 0 amide bonds. The number of aryl methyl sites for hydroxylation is 1. The zero-order chi connectivity index (χ0) is 8.39. The van der Waals surface area contributed by atoms with Crippen molar-refractivity contribution in [2.75, 3.05) is 5.75 Å². The van der Waals surface area contributed by atoms with Gasteiger partial charge >= 0.3 is 0 Å². The fourth-order valence-corrected chi connectivity index (χ4v) is 1.32. The molecule has 2 aromatic heterocycles. The van der Waals surface area contributed by atoms with Gasteiger partial charge in [0.05, 0.1) is 12.0 Å². The minimum Gasteiger partial charge on any atom is -0.342 e. The highest BCUT2D eigenvalue weighted by Gasteiger charge is 2.03. The lowest BCUT2D eigenvalue weighted by Crippen LogP contribution is -1.94. The van der Waals surface area contributed by atoms with Crippen molar-refractivity contribution in [3.8, 4) is 0 Å². The fourth-order valence-electron chi connectivity index (χ4n) is 1.11. The van der Waals surface area contributed by atoms with Crippen LogP contribution in [-0.2, 0) is 6.42 Å². The van der Waals surface area contributed by atoms with Crippen LogP contribution in [0.1, 0.15) is 5.69 Å². The molecule has 0 saturated carbocycles. The van der Waals surface area contributed by atoms with E-state index in [4.69, 9.17) is 0 Å². The lowest BCUT2D eigenvalue weighted by molar-refractivity contribution is 1.03. The number of H-pyrrole nitrogens is 1. The Balaban J connectivity index is 2.57. The molecule has 0 unspecified atom stereocenters. The summed E-state index contributed by atoms with van der Waals surface area (Å²) in [6.07, 6.45) is 3.99. The third-order valence-corrected chi connectivity index (χ3v) is 1.87. The van der Waals surface area contributed by atoms with Crippen LogP contribution in [0.5, 0.6) is 0 Å². The standard InChI is InChI=1S/C7H8N4S/c12-2-1-5-6-7(10-3-8-5)11-4-9-6/h3-4,12H,1-2H2,(H,8,9,10,11). The molecule has 5 heteroatoms. The molecule has 2 aromatic rings. The number of aromatic nitrogens is 4. The first-order valence-electron chi connectivity index (χ1n) is 3.65. The second kappa shape index (κ2) is 3.10. The van der Waals surface area contributed by atoms with Crippen LogP contribution in [0.3, 0.4) is 0 Å². The summed E-state index contributed by atoms with van der Waals surface area (Å²) < 4.78 is 0. The van der Waals surface area contributed by atoms with E-state index in [1.165, 1.54) is 6.33 Å². The van der Waals surface area contributed by atoms with E-state index in [1.54, 1.807) is 6.33 Å². The summed E-state index contributed by atoms with van der Waals surface area (Å²) in [5.41, 5.74) is 2.63. The molecule has 0 fully saturated rings. The minimum atomic E-state index is 0.724. The topological polar surface area (TPSA) is 54.5 Å². The molecule has 0 aliphatic rings. The SMILES string of the molecule is SCCc1ncnc2nc[nH]c12. The number of aromatic amines is 1. The monoisotopic (exact) mass is 180 g/mol. The molecule has 2 heterocycles. The van der Waals surface area contributed by atoms with Crippen molar-refractivity contribution in [3.63, 3.8) is 0 Å². The smallest absolute Gasteiger partial charge is 0.180 e. The van der Waals surface area contributed by atoms with E-state index >= 15 is 0 Å². The Kier molecular flexibility index (Phi) is 1.95. The van der Waals surface area contributed by atoms with Crippen LogP contribution in [0, 0.1) is 0 Å². The van der Waals surface area contributed by atoms with Crippen LogP contribution in [0.2, 0.25) is 0 Å². The second-order valence-corrected chi connectivity index (χ2v) is 2.84. The first kappa shape index (κ1) is 7.54. The predicted molar refractivity (Wildman–Crippen MR) is 49.2 cm³/mol. The van der Waals surface area contributed by atoms with Crippen molar-refractivity contribution >= 4 is 23.8 Å². The third-order valence-electron chi connectivity index (χ3n) is 1.65. The zero-order valence-electron chi connectivity index (χ0n) is 6.36. The maximum Gasteiger partial charge on any atom is 0.180 e. The lowest BCUT2D eigenvalue weighted by Gasteiger charge is -1.96. The summed E-state index contributed by atoms with van der Waals surface area (Å²) >= 11 is 4.14. The minimum absolute atomic E-state index is 0.724. The summed E-state index contributed by atoms with van der Waals surface area (Å²) in [5, 5.41) is 0. The Morgan fingerprint density at radius 1 is 1.33 bits per heavy atom. The molecule has 0 aliphatic carbocycles. The van der Waals surface area contributed by atoms with Crippen LogP contribution < -0.4 is 0 Å². The van der Waals surface area contributed by atoms with Gasteiger partial charge in [-0.3, -0.25) is 0 Å². The Morgan fingerprint density at radius 3 is 3.08 bits per heavy atom. The highest BCUT2D eigenvalue weighted by molar-refractivity contribution is 7.80. The first-order valence-corrected chi connectivity index (χ1v) is 4.29. The van der Waals surface area contributed by atoms with E-state index in [0.717, 1.165) is 29.0 Å². The number of nitrogens with one attached hydrogen (secondary N) is 1. The number of hydrogen-bond donors (Lipinski definition) is 2. The second-order valence-electron chi connectivity index (χ2n) is 2.40. The highest BCUT2D eigenvalue weighted by Crippen LogP contribution is 2.09. The van der Waals surface area contributed by atoms with Crippen molar-refractivity contribution in [1.29, 1.82) is 0 Å². The van der Waals surface area contributed by atoms with E-state index in [0.29, 0.717) is 0 Å². The van der Waals surface area contributed by atoms with Gasteiger partial charge in [-0.25, -0.2) is 15.0 Å². The van der Waals surface area contributed by atoms with Gasteiger partial charge in [-0.15, -0.1) is 0 Å². The van der Waals surface area contributed by atoms with Gasteiger partial charge < -0.3 is 4.98 Å². The number of imidazole rings is 1. The molecular formula is C7H8N4S. The van der Waals surface area contributed by atoms with Crippen LogP contribution in [0.4, 0.5) is 0 Å². The highest BCUT2D eigenvalue weighted by atomic mass is 32.1. The van der Waals surface area contributed by atoms with E-state index < -0.39 is 0 Å². The molecule has 4 nitrogen and oxygen atoms in total. The van der Waals surface area contributed by atoms with Crippen molar-refractivity contribution < 1.29 is 0 Å². The van der Waals surface area contributed by atoms with Gasteiger partial charge in [0.25, 0.3) is 0 Å². The lowest BCUT2D eigenvalue weighted by atomic mass is 10.3. The van der Waals surface area contributed by atoms with Crippen LogP contribution in [0.15, 0.2) is 12.7 Å². The van der Waals surface area contributed by atoms with Gasteiger partial charge in [0, 0.05) is 6.42 Å². The summed E-state index contributed by atoms with van der Waals surface area (Å²) in [6.45, 7) is 0. The number of rotatable bonds is 2. The Morgan fingerprint density at radius 2 is 2.25 bits per heavy atom. The Hall–Kier alpha value is -1.10. The van der Waals surface area contributed by atoms with Crippen LogP contribution in [-0.4, -0.2) is 25.7 Å². The molecule has 0 atom stereocenters. The summed E-state index contributed by atoms with van der Waals surface area (Å²) in [6, 6.07) is 0. The first-order chi connectivity index (χ1) is 5.92. The van der Waals surface area contributed by atoms with E-state index in [1.807, 2.05) is 0 Å². The molecule has 0 bridgehead atoms. The predicted octanol–water partition coefficient (Wildman–Crippen LogP) is 0.825. The van der Waals surface area contributed by atoms with E-state index in [-0.39, 0.29) is 0 Å². The third kappa shape index (κ3) is 1.16. The van der Waals surface area contributed by atoms with Crippen molar-refractivity contribution in [3.05, 3.63) is 18.3 Å². The Labute approximate surface area is 74.9 Å². The number of fused-ring (bicyclic) bond motifs is 1. The normalized spacial score (nSPS) is 10.8. The average Bonchev–Trinajstić information content (AvgIpc) is 2.53. The molecule has 12 heavy (non-hydrogen) atoms. The van der Waals surface area contributed by atoms with Crippen LogP contribution in [0.25, 0.3) is 11.2 Å². The largest absolute Gasteiger partial charge is 0.342 e. The molecule has 0 aliphatic heterocycles. The van der Waals surface area contributed by atoms with Crippen molar-refractivity contribution in [1.82, 2.24) is 19.9 Å². The molecule has 0 spiro atoms. The van der Waals surface area contributed by atoms with Gasteiger partial charge in [0.2, 0.25) is 0 Å². The number of hydrogen-bond acceptors (Lipinski definition) is 4. The summed E-state index contributed by atoms with van der Waals surface area (Å²) in [4.78, 5) is 15.2. The van der Waals surface area contributed by atoms with Gasteiger partial charge in [0.15, 0.2) is 5.65 Å². The van der Waals surface area contributed by atoms with Crippen molar-refractivity contribution in [2.24, 2.45) is 0 Å². The van der Waals surface area contributed by atoms with E-state index in [9.17, 15) is 0 Å². The van der Waals surface area contributed by atoms with Gasteiger partial charge in [-0.2, -0.15) is 12.6 Å². The molecule has 0 aromatic carbocycles. The van der Waals surface area contributed by atoms with Gasteiger partial charge in [0.1, 0.15) is 11.8 Å². The maximum atomic E-state index is 4.14. The number of nitrogens with zero attached hydrogens (tertiary/aromatic N) is 3. The molecule has 0 radical (unpaired) electrons.